The van der Waals surface area contributed by atoms with E-state index in [1.807, 2.05) is 17.0 Å². The van der Waals surface area contributed by atoms with Crippen LogP contribution in [0, 0.1) is 11.8 Å². The molecule has 2 fully saturated rings. The summed E-state index contributed by atoms with van der Waals surface area (Å²) in [6.45, 7) is 6.84. The van der Waals surface area contributed by atoms with Crippen LogP contribution in [0.1, 0.15) is 48.5 Å². The van der Waals surface area contributed by atoms with E-state index < -0.39 is 0 Å². The topological polar surface area (TPSA) is 49.9 Å². The van der Waals surface area contributed by atoms with Gasteiger partial charge in [-0.05, 0) is 55.8 Å². The van der Waals surface area contributed by atoms with Gasteiger partial charge in [0.2, 0.25) is 0 Å². The first-order chi connectivity index (χ1) is 12.6. The molecule has 5 heteroatoms. The second kappa shape index (κ2) is 8.67. The van der Waals surface area contributed by atoms with Crippen LogP contribution < -0.4 is 0 Å². The number of carbonyl (C=O) groups is 2. The number of ether oxygens (including phenoxy) is 1. The summed E-state index contributed by atoms with van der Waals surface area (Å²) in [5.74, 6) is 0.607. The van der Waals surface area contributed by atoms with Crippen LogP contribution >= 0.6 is 0 Å². The van der Waals surface area contributed by atoms with Gasteiger partial charge in [-0.2, -0.15) is 0 Å². The predicted octanol–water partition coefficient (Wildman–Crippen LogP) is 2.94. The number of amides is 1. The van der Waals surface area contributed by atoms with Crippen LogP contribution in [-0.4, -0.2) is 55.0 Å². The third-order valence-corrected chi connectivity index (χ3v) is 5.66. The predicted molar refractivity (Wildman–Crippen MR) is 101 cm³/mol. The molecular formula is C21H30N2O3. The molecule has 1 aromatic rings. The Morgan fingerprint density at radius 1 is 1.08 bits per heavy atom. The third kappa shape index (κ3) is 4.64. The molecule has 0 aliphatic carbocycles. The maximum atomic E-state index is 12.7. The molecule has 1 atom stereocenters. The van der Waals surface area contributed by atoms with Gasteiger partial charge in [0.25, 0.3) is 5.91 Å². The molecule has 142 valence electrons. The summed E-state index contributed by atoms with van der Waals surface area (Å²) in [6, 6.07) is 8.04. The van der Waals surface area contributed by atoms with Crippen molar-refractivity contribution >= 4 is 11.9 Å². The summed E-state index contributed by atoms with van der Waals surface area (Å²) in [6.07, 6.45) is 3.98. The molecule has 2 saturated heterocycles. The number of benzene rings is 1. The lowest BCUT2D eigenvalue weighted by Gasteiger charge is -2.31. The Morgan fingerprint density at radius 2 is 1.77 bits per heavy atom. The van der Waals surface area contributed by atoms with Crippen LogP contribution in [-0.2, 0) is 16.1 Å². The summed E-state index contributed by atoms with van der Waals surface area (Å²) >= 11 is 0. The van der Waals surface area contributed by atoms with Crippen molar-refractivity contribution in [2.75, 3.05) is 33.3 Å². The number of likely N-dealkylation sites (tertiary alicyclic amines) is 2. The average Bonchev–Trinajstić information content (AvgIpc) is 2.67. The number of piperidine rings is 2. The molecule has 26 heavy (non-hydrogen) atoms. The maximum Gasteiger partial charge on any atom is 0.308 e. The van der Waals surface area contributed by atoms with E-state index in [9.17, 15) is 9.59 Å². The van der Waals surface area contributed by atoms with Gasteiger partial charge in [0.15, 0.2) is 0 Å². The summed E-state index contributed by atoms with van der Waals surface area (Å²) < 4.78 is 4.81. The molecule has 2 aliphatic heterocycles. The fraction of sp³-hybridized carbons (Fsp3) is 0.619. The Labute approximate surface area is 156 Å². The Morgan fingerprint density at radius 3 is 2.38 bits per heavy atom. The number of esters is 1. The van der Waals surface area contributed by atoms with Crippen LogP contribution in [0.3, 0.4) is 0 Å². The number of rotatable bonds is 4. The van der Waals surface area contributed by atoms with Crippen LogP contribution in [0.5, 0.6) is 0 Å². The molecule has 1 amide bonds. The Hall–Kier alpha value is -1.88. The van der Waals surface area contributed by atoms with E-state index in [4.69, 9.17) is 4.74 Å². The molecule has 0 saturated carbocycles. The highest BCUT2D eigenvalue weighted by molar-refractivity contribution is 5.94. The minimum absolute atomic E-state index is 0.0615. The normalized spacial score (nSPS) is 22.2. The van der Waals surface area contributed by atoms with Gasteiger partial charge in [-0.15, -0.1) is 0 Å². The number of hydrogen-bond acceptors (Lipinski definition) is 4. The lowest BCUT2D eigenvalue weighted by Crippen LogP contribution is -2.40. The zero-order valence-corrected chi connectivity index (χ0v) is 15.9. The van der Waals surface area contributed by atoms with Gasteiger partial charge in [-0.25, -0.2) is 0 Å². The van der Waals surface area contributed by atoms with E-state index in [2.05, 4.69) is 24.0 Å². The summed E-state index contributed by atoms with van der Waals surface area (Å²) in [7, 11) is 1.42. The van der Waals surface area contributed by atoms with Crippen molar-refractivity contribution in [1.82, 2.24) is 9.80 Å². The molecule has 0 unspecified atom stereocenters. The first-order valence-electron chi connectivity index (χ1n) is 9.75. The van der Waals surface area contributed by atoms with Crippen LogP contribution in [0.15, 0.2) is 24.3 Å². The SMILES string of the molecule is COC(=O)C1CCN(C(=O)c2ccc(CN3CCC[C@H](C)C3)cc2)CC1. The highest BCUT2D eigenvalue weighted by atomic mass is 16.5. The van der Waals surface area contributed by atoms with Gasteiger partial charge in [0.05, 0.1) is 13.0 Å². The van der Waals surface area contributed by atoms with Gasteiger partial charge >= 0.3 is 5.97 Å². The second-order valence-corrected chi connectivity index (χ2v) is 7.77. The minimum Gasteiger partial charge on any atom is -0.469 e. The van der Waals surface area contributed by atoms with Crippen molar-refractivity contribution < 1.29 is 14.3 Å². The van der Waals surface area contributed by atoms with E-state index in [1.165, 1.54) is 32.1 Å². The van der Waals surface area contributed by atoms with Crippen molar-refractivity contribution in [3.63, 3.8) is 0 Å². The van der Waals surface area contributed by atoms with E-state index in [1.54, 1.807) is 0 Å². The number of methoxy groups -OCH3 is 1. The Kier molecular flexibility index (Phi) is 6.30. The molecule has 1 aromatic carbocycles. The minimum atomic E-state index is -0.159. The first-order valence-corrected chi connectivity index (χ1v) is 9.75. The van der Waals surface area contributed by atoms with Gasteiger partial charge in [-0.3, -0.25) is 14.5 Å². The highest BCUT2D eigenvalue weighted by Gasteiger charge is 2.28. The second-order valence-electron chi connectivity index (χ2n) is 7.77. The lowest BCUT2D eigenvalue weighted by molar-refractivity contribution is -0.146. The van der Waals surface area contributed by atoms with Crippen LogP contribution in [0.25, 0.3) is 0 Å². The maximum absolute atomic E-state index is 12.7. The van der Waals surface area contributed by atoms with E-state index in [-0.39, 0.29) is 17.8 Å². The van der Waals surface area contributed by atoms with Crippen molar-refractivity contribution in [2.45, 2.75) is 39.2 Å². The van der Waals surface area contributed by atoms with Gasteiger partial charge in [0, 0.05) is 31.7 Å². The fourth-order valence-electron chi connectivity index (χ4n) is 4.11. The van der Waals surface area contributed by atoms with Gasteiger partial charge in [-0.1, -0.05) is 19.1 Å². The standard InChI is InChI=1S/C21H30N2O3/c1-16-4-3-11-22(14-16)15-17-5-7-18(8-6-17)20(24)23-12-9-19(10-13-23)21(25)26-2/h5-8,16,19H,3-4,9-15H2,1-2H3/t16-/m0/s1. The summed E-state index contributed by atoms with van der Waals surface area (Å²) in [5.41, 5.74) is 2.00. The molecule has 0 bridgehead atoms. The molecule has 0 aromatic heterocycles. The molecule has 0 radical (unpaired) electrons. The molecule has 0 N–H and O–H groups in total. The summed E-state index contributed by atoms with van der Waals surface area (Å²) in [4.78, 5) is 28.6. The zero-order valence-electron chi connectivity index (χ0n) is 15.9. The van der Waals surface area contributed by atoms with Crippen molar-refractivity contribution in [2.24, 2.45) is 11.8 Å². The quantitative estimate of drug-likeness (QED) is 0.777. The fourth-order valence-corrected chi connectivity index (χ4v) is 4.11. The molecule has 2 heterocycles. The lowest BCUT2D eigenvalue weighted by atomic mass is 9.96. The largest absolute Gasteiger partial charge is 0.469 e. The first kappa shape index (κ1) is 18.9. The van der Waals surface area contributed by atoms with Crippen molar-refractivity contribution in [3.8, 4) is 0 Å². The highest BCUT2D eigenvalue weighted by Crippen LogP contribution is 2.21. The van der Waals surface area contributed by atoms with E-state index in [0.717, 1.165) is 24.6 Å². The Balaban J connectivity index is 1.53. The Bertz CT molecular complexity index is 621. The summed E-state index contributed by atoms with van der Waals surface area (Å²) in [5, 5.41) is 0. The van der Waals surface area contributed by atoms with Crippen LogP contribution in [0.2, 0.25) is 0 Å². The molecule has 3 rings (SSSR count). The smallest absolute Gasteiger partial charge is 0.308 e. The van der Waals surface area contributed by atoms with Gasteiger partial charge < -0.3 is 9.64 Å². The van der Waals surface area contributed by atoms with Crippen molar-refractivity contribution in [1.29, 1.82) is 0 Å². The number of hydrogen-bond donors (Lipinski definition) is 0. The van der Waals surface area contributed by atoms with E-state index in [0.29, 0.717) is 25.9 Å². The molecule has 0 spiro atoms. The molecular weight excluding hydrogens is 328 g/mol. The van der Waals surface area contributed by atoms with Gasteiger partial charge in [0.1, 0.15) is 0 Å². The molecule has 2 aliphatic rings. The molecule has 5 nitrogen and oxygen atoms in total. The number of nitrogens with zero attached hydrogens (tertiary/aromatic N) is 2. The number of carbonyl (C=O) groups excluding carboxylic acids is 2. The monoisotopic (exact) mass is 358 g/mol. The average molecular weight is 358 g/mol. The van der Waals surface area contributed by atoms with Crippen molar-refractivity contribution in [3.05, 3.63) is 35.4 Å². The van der Waals surface area contributed by atoms with Crippen LogP contribution in [0.4, 0.5) is 0 Å². The zero-order chi connectivity index (χ0) is 18.5. The third-order valence-electron chi connectivity index (χ3n) is 5.66. The van der Waals surface area contributed by atoms with E-state index >= 15 is 0 Å².